The van der Waals surface area contributed by atoms with Crippen molar-refractivity contribution in [3.05, 3.63) is 23.8 Å². The number of hydrogen-bond donors (Lipinski definition) is 1. The maximum atomic E-state index is 5.52. The summed E-state index contributed by atoms with van der Waals surface area (Å²) in [7, 11) is 0. The molecule has 0 heterocycles. The van der Waals surface area contributed by atoms with Crippen LogP contribution in [0.5, 0.6) is 5.75 Å². The zero-order valence-electron chi connectivity index (χ0n) is 12.0. The summed E-state index contributed by atoms with van der Waals surface area (Å²) in [4.78, 5) is 0. The molecular weight excluding hydrogens is 222 g/mol. The highest BCUT2D eigenvalue weighted by Crippen LogP contribution is 2.38. The second-order valence-corrected chi connectivity index (χ2v) is 6.16. The van der Waals surface area contributed by atoms with Crippen molar-refractivity contribution in [1.82, 2.24) is 0 Å². The molecule has 1 N–H and O–H groups in total. The number of ether oxygens (including phenoxy) is 1. The Morgan fingerprint density at radius 3 is 2.72 bits per heavy atom. The highest BCUT2D eigenvalue weighted by Gasteiger charge is 2.30. The van der Waals surface area contributed by atoms with Crippen molar-refractivity contribution < 1.29 is 4.74 Å². The topological polar surface area (TPSA) is 21.3 Å². The lowest BCUT2D eigenvalue weighted by molar-refractivity contribution is 0.340. The highest BCUT2D eigenvalue weighted by atomic mass is 16.5. The van der Waals surface area contributed by atoms with Crippen LogP contribution in [0.1, 0.15) is 45.6 Å². The molecule has 2 rings (SSSR count). The maximum Gasteiger partial charge on any atom is 0.119 e. The average Bonchev–Trinajstić information content (AvgIpc) is 2.63. The number of aryl methyl sites for hydroxylation is 1. The molecule has 1 aromatic rings. The van der Waals surface area contributed by atoms with Crippen LogP contribution in [0.4, 0.5) is 5.69 Å². The molecule has 0 saturated heterocycles. The SMILES string of the molecule is CCOc1ccc(NC2CCC(C)(C)C2)c(C)c1. The lowest BCUT2D eigenvalue weighted by atomic mass is 9.92. The van der Waals surface area contributed by atoms with Gasteiger partial charge in [0.15, 0.2) is 0 Å². The Morgan fingerprint density at radius 2 is 2.17 bits per heavy atom. The van der Waals surface area contributed by atoms with Crippen LogP contribution >= 0.6 is 0 Å². The molecule has 0 aromatic heterocycles. The van der Waals surface area contributed by atoms with Crippen LogP contribution in [-0.4, -0.2) is 12.6 Å². The normalized spacial score (nSPS) is 21.9. The van der Waals surface area contributed by atoms with Gasteiger partial charge in [-0.05, 0) is 62.3 Å². The predicted molar refractivity (Wildman–Crippen MR) is 77.4 cm³/mol. The van der Waals surface area contributed by atoms with Gasteiger partial charge in [-0.1, -0.05) is 13.8 Å². The van der Waals surface area contributed by atoms with E-state index in [2.05, 4.69) is 44.3 Å². The van der Waals surface area contributed by atoms with Crippen LogP contribution in [0.3, 0.4) is 0 Å². The van der Waals surface area contributed by atoms with Crippen molar-refractivity contribution in [1.29, 1.82) is 0 Å². The molecule has 1 saturated carbocycles. The number of anilines is 1. The van der Waals surface area contributed by atoms with E-state index in [0.29, 0.717) is 11.5 Å². The van der Waals surface area contributed by atoms with Gasteiger partial charge < -0.3 is 10.1 Å². The van der Waals surface area contributed by atoms with Gasteiger partial charge in [-0.2, -0.15) is 0 Å². The molecule has 2 heteroatoms. The lowest BCUT2D eigenvalue weighted by Crippen LogP contribution is -2.18. The average molecular weight is 247 g/mol. The third-order valence-electron chi connectivity index (χ3n) is 3.84. The lowest BCUT2D eigenvalue weighted by Gasteiger charge is -2.20. The summed E-state index contributed by atoms with van der Waals surface area (Å²) in [5.41, 5.74) is 3.02. The Labute approximate surface area is 111 Å². The minimum Gasteiger partial charge on any atom is -0.494 e. The molecule has 0 radical (unpaired) electrons. The minimum absolute atomic E-state index is 0.497. The van der Waals surface area contributed by atoms with Crippen molar-refractivity contribution >= 4 is 5.69 Å². The second-order valence-electron chi connectivity index (χ2n) is 6.16. The van der Waals surface area contributed by atoms with E-state index in [9.17, 15) is 0 Å². The first-order valence-corrected chi connectivity index (χ1v) is 7.00. The van der Waals surface area contributed by atoms with Gasteiger partial charge in [-0.3, -0.25) is 0 Å². The van der Waals surface area contributed by atoms with Gasteiger partial charge in [-0.25, -0.2) is 0 Å². The summed E-state index contributed by atoms with van der Waals surface area (Å²) in [6.07, 6.45) is 3.86. The van der Waals surface area contributed by atoms with E-state index in [1.54, 1.807) is 0 Å². The Kier molecular flexibility index (Phi) is 3.84. The third kappa shape index (κ3) is 3.18. The van der Waals surface area contributed by atoms with E-state index in [4.69, 9.17) is 4.74 Å². The van der Waals surface area contributed by atoms with Crippen molar-refractivity contribution in [3.8, 4) is 5.75 Å². The van der Waals surface area contributed by atoms with Crippen molar-refractivity contribution in [2.75, 3.05) is 11.9 Å². The zero-order valence-corrected chi connectivity index (χ0v) is 12.0. The largest absolute Gasteiger partial charge is 0.494 e. The first kappa shape index (κ1) is 13.3. The number of hydrogen-bond acceptors (Lipinski definition) is 2. The molecule has 0 aliphatic heterocycles. The molecule has 1 unspecified atom stereocenters. The number of benzene rings is 1. The van der Waals surface area contributed by atoms with E-state index in [-0.39, 0.29) is 0 Å². The minimum atomic E-state index is 0.497. The summed E-state index contributed by atoms with van der Waals surface area (Å²) in [6, 6.07) is 6.94. The Balaban J connectivity index is 2.02. The van der Waals surface area contributed by atoms with Crippen LogP contribution in [0, 0.1) is 12.3 Å². The zero-order chi connectivity index (χ0) is 13.2. The summed E-state index contributed by atoms with van der Waals surface area (Å²) in [5.74, 6) is 0.965. The maximum absolute atomic E-state index is 5.52. The fourth-order valence-corrected chi connectivity index (χ4v) is 2.83. The molecule has 1 aliphatic carbocycles. The van der Waals surface area contributed by atoms with E-state index < -0.39 is 0 Å². The quantitative estimate of drug-likeness (QED) is 0.852. The smallest absolute Gasteiger partial charge is 0.119 e. The molecule has 0 amide bonds. The second kappa shape index (κ2) is 5.21. The molecule has 1 fully saturated rings. The van der Waals surface area contributed by atoms with Gasteiger partial charge in [0.1, 0.15) is 5.75 Å². The fourth-order valence-electron chi connectivity index (χ4n) is 2.83. The van der Waals surface area contributed by atoms with E-state index in [0.717, 1.165) is 12.4 Å². The molecule has 0 bridgehead atoms. The predicted octanol–water partition coefficient (Wildman–Crippen LogP) is 4.38. The van der Waals surface area contributed by atoms with Crippen LogP contribution in [0.25, 0.3) is 0 Å². The van der Waals surface area contributed by atoms with Crippen LogP contribution < -0.4 is 10.1 Å². The Morgan fingerprint density at radius 1 is 1.39 bits per heavy atom. The first-order chi connectivity index (χ1) is 8.50. The van der Waals surface area contributed by atoms with Crippen molar-refractivity contribution in [3.63, 3.8) is 0 Å². The van der Waals surface area contributed by atoms with Gasteiger partial charge in [0.05, 0.1) is 6.61 Å². The van der Waals surface area contributed by atoms with Gasteiger partial charge in [-0.15, -0.1) is 0 Å². The van der Waals surface area contributed by atoms with Gasteiger partial charge in [0, 0.05) is 11.7 Å². The van der Waals surface area contributed by atoms with E-state index in [1.807, 2.05) is 6.92 Å². The number of rotatable bonds is 4. The monoisotopic (exact) mass is 247 g/mol. The van der Waals surface area contributed by atoms with Crippen LogP contribution in [0.15, 0.2) is 18.2 Å². The highest BCUT2D eigenvalue weighted by molar-refractivity contribution is 5.54. The summed E-state index contributed by atoms with van der Waals surface area (Å²) < 4.78 is 5.52. The molecule has 2 nitrogen and oxygen atoms in total. The molecule has 1 aliphatic rings. The van der Waals surface area contributed by atoms with Crippen LogP contribution in [0.2, 0.25) is 0 Å². The molecule has 100 valence electrons. The number of nitrogens with one attached hydrogen (secondary N) is 1. The van der Waals surface area contributed by atoms with Gasteiger partial charge >= 0.3 is 0 Å². The summed E-state index contributed by atoms with van der Waals surface area (Å²) in [5, 5.41) is 3.68. The fraction of sp³-hybridized carbons (Fsp3) is 0.625. The van der Waals surface area contributed by atoms with Crippen molar-refractivity contribution in [2.24, 2.45) is 5.41 Å². The van der Waals surface area contributed by atoms with Gasteiger partial charge in [0.25, 0.3) is 0 Å². The van der Waals surface area contributed by atoms with Crippen LogP contribution in [-0.2, 0) is 0 Å². The Bertz CT molecular complexity index is 412. The third-order valence-corrected chi connectivity index (χ3v) is 3.84. The summed E-state index contributed by atoms with van der Waals surface area (Å²) >= 11 is 0. The molecule has 1 atom stereocenters. The summed E-state index contributed by atoms with van der Waals surface area (Å²) in [6.45, 7) is 9.61. The van der Waals surface area contributed by atoms with E-state index in [1.165, 1.54) is 30.5 Å². The van der Waals surface area contributed by atoms with Crippen molar-refractivity contribution in [2.45, 2.75) is 53.0 Å². The van der Waals surface area contributed by atoms with E-state index >= 15 is 0 Å². The standard InChI is InChI=1S/C16H25NO/c1-5-18-14-6-7-15(12(2)10-14)17-13-8-9-16(3,4)11-13/h6-7,10,13,17H,5,8-9,11H2,1-4H3. The molecule has 0 spiro atoms. The Hall–Kier alpha value is -1.18. The molecular formula is C16H25NO. The first-order valence-electron chi connectivity index (χ1n) is 7.00. The van der Waals surface area contributed by atoms with Gasteiger partial charge in [0.2, 0.25) is 0 Å². The molecule has 18 heavy (non-hydrogen) atoms. The molecule has 1 aromatic carbocycles.